The molecule has 4 heteroatoms. The molecule has 4 nitrogen and oxygen atoms in total. The lowest BCUT2D eigenvalue weighted by atomic mass is 9.79. The lowest BCUT2D eigenvalue weighted by Crippen LogP contribution is -2.43. The molecule has 2 atom stereocenters. The maximum atomic E-state index is 12.2. The van der Waals surface area contributed by atoms with Crippen molar-refractivity contribution in [1.82, 2.24) is 10.6 Å². The molecule has 0 aliphatic rings. The van der Waals surface area contributed by atoms with Crippen LogP contribution in [0.2, 0.25) is 0 Å². The third-order valence-corrected chi connectivity index (χ3v) is 4.28. The van der Waals surface area contributed by atoms with Crippen molar-refractivity contribution in [1.29, 1.82) is 0 Å². The van der Waals surface area contributed by atoms with Gasteiger partial charge in [-0.25, -0.2) is 4.79 Å². The molecule has 24 heavy (non-hydrogen) atoms. The lowest BCUT2D eigenvalue weighted by Gasteiger charge is -2.29. The fraction of sp³-hybridized carbons (Fsp3) is 0.450. The molecule has 2 aromatic rings. The van der Waals surface area contributed by atoms with Crippen molar-refractivity contribution in [3.63, 3.8) is 0 Å². The summed E-state index contributed by atoms with van der Waals surface area (Å²) in [5, 5.41) is 5.94. The van der Waals surface area contributed by atoms with Gasteiger partial charge in [0.25, 0.3) is 0 Å². The van der Waals surface area contributed by atoms with Crippen molar-refractivity contribution >= 4 is 6.03 Å². The van der Waals surface area contributed by atoms with Crippen molar-refractivity contribution in [2.45, 2.75) is 58.5 Å². The van der Waals surface area contributed by atoms with Crippen LogP contribution in [0.15, 0.2) is 46.9 Å². The molecule has 1 aromatic heterocycles. The van der Waals surface area contributed by atoms with E-state index in [-0.39, 0.29) is 23.5 Å². The number of furan rings is 1. The SMILES string of the molecule is Cc1ccc(C(C)NC(=O)NC(C)CC(C)(C)c2ccccc2)o1. The second-order valence-electron chi connectivity index (χ2n) is 7.14. The Balaban J connectivity index is 1.87. The van der Waals surface area contributed by atoms with Crippen LogP contribution in [0, 0.1) is 6.92 Å². The fourth-order valence-electron chi connectivity index (χ4n) is 3.04. The summed E-state index contributed by atoms with van der Waals surface area (Å²) in [6.07, 6.45) is 0.860. The smallest absolute Gasteiger partial charge is 0.315 e. The van der Waals surface area contributed by atoms with Crippen LogP contribution in [0.1, 0.15) is 57.2 Å². The highest BCUT2D eigenvalue weighted by Gasteiger charge is 2.24. The van der Waals surface area contributed by atoms with Gasteiger partial charge in [-0.15, -0.1) is 0 Å². The van der Waals surface area contributed by atoms with Gasteiger partial charge in [0.15, 0.2) is 0 Å². The molecular weight excluding hydrogens is 300 g/mol. The Labute approximate surface area is 144 Å². The van der Waals surface area contributed by atoms with E-state index >= 15 is 0 Å². The first-order chi connectivity index (χ1) is 11.3. The molecule has 0 saturated carbocycles. The minimum Gasteiger partial charge on any atom is -0.464 e. The average molecular weight is 328 g/mol. The van der Waals surface area contributed by atoms with E-state index in [9.17, 15) is 4.79 Å². The van der Waals surface area contributed by atoms with Gasteiger partial charge in [-0.3, -0.25) is 0 Å². The van der Waals surface area contributed by atoms with Crippen LogP contribution < -0.4 is 10.6 Å². The van der Waals surface area contributed by atoms with E-state index in [1.54, 1.807) is 0 Å². The molecule has 0 spiro atoms. The molecule has 130 valence electrons. The van der Waals surface area contributed by atoms with Crippen molar-refractivity contribution < 1.29 is 9.21 Å². The summed E-state index contributed by atoms with van der Waals surface area (Å²) in [6, 6.07) is 13.9. The molecule has 2 amide bonds. The molecule has 2 unspecified atom stereocenters. The van der Waals surface area contributed by atoms with Crippen LogP contribution in [-0.2, 0) is 5.41 Å². The number of rotatable bonds is 6. The molecule has 0 aliphatic carbocycles. The van der Waals surface area contributed by atoms with E-state index in [0.29, 0.717) is 0 Å². The first-order valence-corrected chi connectivity index (χ1v) is 8.47. The van der Waals surface area contributed by atoms with Gasteiger partial charge < -0.3 is 15.1 Å². The molecule has 0 saturated heterocycles. The molecule has 1 heterocycles. The number of nitrogens with one attached hydrogen (secondary N) is 2. The summed E-state index contributed by atoms with van der Waals surface area (Å²) in [5.41, 5.74) is 1.27. The Bertz CT molecular complexity index is 661. The topological polar surface area (TPSA) is 54.3 Å². The fourth-order valence-corrected chi connectivity index (χ4v) is 3.04. The molecule has 1 aromatic carbocycles. The van der Waals surface area contributed by atoms with Gasteiger partial charge in [0, 0.05) is 6.04 Å². The number of amides is 2. The maximum absolute atomic E-state index is 12.2. The second kappa shape index (κ2) is 7.56. The summed E-state index contributed by atoms with van der Waals surface area (Å²) in [7, 11) is 0. The number of aryl methyl sites for hydroxylation is 1. The molecule has 0 fully saturated rings. The Morgan fingerprint density at radius 2 is 1.75 bits per heavy atom. The number of carbonyl (C=O) groups excluding carboxylic acids is 1. The van der Waals surface area contributed by atoms with E-state index in [1.165, 1.54) is 5.56 Å². The monoisotopic (exact) mass is 328 g/mol. The van der Waals surface area contributed by atoms with Crippen LogP contribution in [0.4, 0.5) is 4.79 Å². The zero-order valence-electron chi connectivity index (χ0n) is 15.2. The first-order valence-electron chi connectivity index (χ1n) is 8.47. The van der Waals surface area contributed by atoms with E-state index in [4.69, 9.17) is 4.42 Å². The highest BCUT2D eigenvalue weighted by molar-refractivity contribution is 5.74. The highest BCUT2D eigenvalue weighted by Crippen LogP contribution is 2.28. The third kappa shape index (κ3) is 4.88. The van der Waals surface area contributed by atoms with Crippen LogP contribution in [0.25, 0.3) is 0 Å². The van der Waals surface area contributed by atoms with Crippen molar-refractivity contribution in [3.8, 4) is 0 Å². The van der Waals surface area contributed by atoms with Crippen molar-refractivity contribution in [3.05, 3.63) is 59.5 Å². The zero-order chi connectivity index (χ0) is 17.7. The number of hydrogen-bond donors (Lipinski definition) is 2. The van der Waals surface area contributed by atoms with Gasteiger partial charge in [0.2, 0.25) is 0 Å². The van der Waals surface area contributed by atoms with Crippen molar-refractivity contribution in [2.24, 2.45) is 0 Å². The first kappa shape index (κ1) is 18.1. The standard InChI is InChI=1S/C20H28N2O2/c1-14(13-20(4,5)17-9-7-6-8-10-17)21-19(23)22-16(3)18-12-11-15(2)24-18/h6-12,14,16H,13H2,1-5H3,(H2,21,22,23). The molecule has 2 N–H and O–H groups in total. The predicted octanol–water partition coefficient (Wildman–Crippen LogP) is 4.70. The van der Waals surface area contributed by atoms with Crippen LogP contribution >= 0.6 is 0 Å². The molecule has 0 radical (unpaired) electrons. The molecule has 0 bridgehead atoms. The van der Waals surface area contributed by atoms with Gasteiger partial charge in [0.05, 0.1) is 6.04 Å². The molecule has 2 rings (SSSR count). The number of urea groups is 1. The Morgan fingerprint density at radius 1 is 1.08 bits per heavy atom. The van der Waals surface area contributed by atoms with Gasteiger partial charge in [0.1, 0.15) is 11.5 Å². The van der Waals surface area contributed by atoms with Gasteiger partial charge in [-0.1, -0.05) is 44.2 Å². The maximum Gasteiger partial charge on any atom is 0.315 e. The zero-order valence-corrected chi connectivity index (χ0v) is 15.2. The van der Waals surface area contributed by atoms with Crippen LogP contribution in [0.3, 0.4) is 0 Å². The number of benzene rings is 1. The van der Waals surface area contributed by atoms with E-state index in [2.05, 4.69) is 48.7 Å². The Morgan fingerprint density at radius 3 is 2.33 bits per heavy atom. The van der Waals surface area contributed by atoms with Crippen molar-refractivity contribution in [2.75, 3.05) is 0 Å². The minimum atomic E-state index is -0.173. The Kier molecular flexibility index (Phi) is 5.71. The average Bonchev–Trinajstić information content (AvgIpc) is 2.94. The molecule has 0 aliphatic heterocycles. The summed E-state index contributed by atoms with van der Waals surface area (Å²) >= 11 is 0. The van der Waals surface area contributed by atoms with Gasteiger partial charge in [-0.2, -0.15) is 0 Å². The third-order valence-electron chi connectivity index (χ3n) is 4.28. The number of hydrogen-bond acceptors (Lipinski definition) is 2. The number of carbonyl (C=O) groups is 1. The van der Waals surface area contributed by atoms with Gasteiger partial charge >= 0.3 is 6.03 Å². The molecular formula is C20H28N2O2. The van der Waals surface area contributed by atoms with Crippen LogP contribution in [0.5, 0.6) is 0 Å². The summed E-state index contributed by atoms with van der Waals surface area (Å²) in [4.78, 5) is 12.2. The largest absolute Gasteiger partial charge is 0.464 e. The Hall–Kier alpha value is -2.23. The quantitative estimate of drug-likeness (QED) is 0.807. The summed E-state index contributed by atoms with van der Waals surface area (Å²) in [5.74, 6) is 1.61. The highest BCUT2D eigenvalue weighted by atomic mass is 16.3. The lowest BCUT2D eigenvalue weighted by molar-refractivity contribution is 0.230. The van der Waals surface area contributed by atoms with Crippen LogP contribution in [-0.4, -0.2) is 12.1 Å². The normalized spacial score (nSPS) is 14.0. The van der Waals surface area contributed by atoms with E-state index in [1.807, 2.05) is 39.0 Å². The summed E-state index contributed by atoms with van der Waals surface area (Å²) in [6.45, 7) is 10.2. The van der Waals surface area contributed by atoms with Gasteiger partial charge in [-0.05, 0) is 50.3 Å². The second-order valence-corrected chi connectivity index (χ2v) is 7.14. The van der Waals surface area contributed by atoms with E-state index in [0.717, 1.165) is 17.9 Å². The minimum absolute atomic E-state index is 0.00229. The summed E-state index contributed by atoms with van der Waals surface area (Å²) < 4.78 is 5.55. The predicted molar refractivity (Wildman–Crippen MR) is 97.1 cm³/mol. The van der Waals surface area contributed by atoms with E-state index < -0.39 is 0 Å².